The molecule has 0 bridgehead atoms. The molecule has 6 heteroatoms. The zero-order chi connectivity index (χ0) is 15.5. The first kappa shape index (κ1) is 16.3. The average Bonchev–Trinajstić information content (AvgIpc) is 2.48. The summed E-state index contributed by atoms with van der Waals surface area (Å²) in [7, 11) is 0. The highest BCUT2D eigenvalue weighted by Crippen LogP contribution is 2.20. The van der Waals surface area contributed by atoms with E-state index in [9.17, 15) is 4.79 Å². The van der Waals surface area contributed by atoms with E-state index in [0.717, 1.165) is 30.8 Å². The summed E-state index contributed by atoms with van der Waals surface area (Å²) < 4.78 is 6.11. The number of ether oxygens (including phenoxy) is 1. The molecular formula is C15H22BrN3O2. The number of benzene rings is 1. The summed E-state index contributed by atoms with van der Waals surface area (Å²) in [5, 5.41) is 3.00. The van der Waals surface area contributed by atoms with Crippen molar-refractivity contribution in [2.75, 3.05) is 38.6 Å². The van der Waals surface area contributed by atoms with E-state index in [2.05, 4.69) is 40.0 Å². The number of nitrogens with one attached hydrogen (secondary N) is 1. The van der Waals surface area contributed by atoms with Crippen LogP contribution in [0.15, 0.2) is 22.7 Å². The van der Waals surface area contributed by atoms with Crippen molar-refractivity contribution in [3.05, 3.63) is 28.2 Å². The third-order valence-corrected chi connectivity index (χ3v) is 4.50. The number of anilines is 1. The maximum Gasteiger partial charge on any atom is 0.251 e. The minimum absolute atomic E-state index is 0.0861. The number of morpholine rings is 1. The fraction of sp³-hybridized carbons (Fsp3) is 0.533. The minimum atomic E-state index is -0.0928. The molecule has 0 radical (unpaired) electrons. The van der Waals surface area contributed by atoms with Crippen LogP contribution in [0.5, 0.6) is 0 Å². The SMILES string of the molecule is CC(C)(CNC(=O)c1ccc(N)c(Br)c1)N1CCOCC1. The Hall–Kier alpha value is -1.11. The van der Waals surface area contributed by atoms with Crippen molar-refractivity contribution in [1.82, 2.24) is 10.2 Å². The average molecular weight is 356 g/mol. The van der Waals surface area contributed by atoms with Gasteiger partial charge in [0.05, 0.1) is 13.2 Å². The van der Waals surface area contributed by atoms with Crippen LogP contribution in [-0.2, 0) is 4.74 Å². The Morgan fingerprint density at radius 2 is 2.10 bits per heavy atom. The van der Waals surface area contributed by atoms with Crippen LogP contribution in [0.2, 0.25) is 0 Å². The minimum Gasteiger partial charge on any atom is -0.398 e. The van der Waals surface area contributed by atoms with Crippen molar-refractivity contribution in [1.29, 1.82) is 0 Å². The lowest BCUT2D eigenvalue weighted by Gasteiger charge is -2.40. The molecule has 5 nitrogen and oxygen atoms in total. The molecule has 0 spiro atoms. The Kier molecular flexibility index (Phi) is 5.24. The van der Waals surface area contributed by atoms with Crippen LogP contribution in [0.4, 0.5) is 5.69 Å². The van der Waals surface area contributed by atoms with Gasteiger partial charge in [0.25, 0.3) is 5.91 Å². The predicted molar refractivity (Wildman–Crippen MR) is 87.4 cm³/mol. The number of nitrogens with two attached hydrogens (primary N) is 1. The van der Waals surface area contributed by atoms with Crippen molar-refractivity contribution >= 4 is 27.5 Å². The van der Waals surface area contributed by atoms with E-state index in [4.69, 9.17) is 10.5 Å². The van der Waals surface area contributed by atoms with Gasteiger partial charge in [-0.15, -0.1) is 0 Å². The summed E-state index contributed by atoms with van der Waals surface area (Å²) in [6.45, 7) is 8.17. The van der Waals surface area contributed by atoms with Gasteiger partial charge in [0.15, 0.2) is 0 Å². The quantitative estimate of drug-likeness (QED) is 0.809. The lowest BCUT2D eigenvalue weighted by molar-refractivity contribution is -0.00923. The third-order valence-electron chi connectivity index (χ3n) is 3.81. The molecule has 1 aromatic carbocycles. The standard InChI is InChI=1S/C15H22BrN3O2/c1-15(2,19-5-7-21-8-6-19)10-18-14(20)11-3-4-13(17)12(16)9-11/h3-4,9H,5-8,10,17H2,1-2H3,(H,18,20). The van der Waals surface area contributed by atoms with Gasteiger partial charge < -0.3 is 15.8 Å². The summed E-state index contributed by atoms with van der Waals surface area (Å²) in [6.07, 6.45) is 0. The number of carbonyl (C=O) groups excluding carboxylic acids is 1. The lowest BCUT2D eigenvalue weighted by Crippen LogP contribution is -2.55. The van der Waals surface area contributed by atoms with E-state index < -0.39 is 0 Å². The van der Waals surface area contributed by atoms with Crippen LogP contribution >= 0.6 is 15.9 Å². The third kappa shape index (κ3) is 4.18. The Bertz CT molecular complexity index is 514. The summed E-state index contributed by atoms with van der Waals surface area (Å²) in [6, 6.07) is 5.20. The highest BCUT2D eigenvalue weighted by atomic mass is 79.9. The summed E-state index contributed by atoms with van der Waals surface area (Å²) in [5.41, 5.74) is 6.87. The molecule has 1 fully saturated rings. The molecule has 0 aliphatic carbocycles. The van der Waals surface area contributed by atoms with Crippen LogP contribution in [0.25, 0.3) is 0 Å². The van der Waals surface area contributed by atoms with Crippen LogP contribution in [-0.4, -0.2) is 49.2 Å². The fourth-order valence-electron chi connectivity index (χ4n) is 2.35. The van der Waals surface area contributed by atoms with Gasteiger partial charge in [0.1, 0.15) is 0 Å². The molecule has 2 rings (SSSR count). The molecular weight excluding hydrogens is 334 g/mol. The summed E-state index contributed by atoms with van der Waals surface area (Å²) >= 11 is 3.34. The largest absolute Gasteiger partial charge is 0.398 e. The van der Waals surface area contributed by atoms with E-state index in [1.54, 1.807) is 18.2 Å². The molecule has 3 N–H and O–H groups in total. The number of hydrogen-bond donors (Lipinski definition) is 2. The molecule has 0 aromatic heterocycles. The Labute approximate surface area is 134 Å². The number of rotatable bonds is 4. The molecule has 116 valence electrons. The van der Waals surface area contributed by atoms with E-state index in [0.29, 0.717) is 17.8 Å². The van der Waals surface area contributed by atoms with Gasteiger partial charge in [-0.3, -0.25) is 9.69 Å². The maximum absolute atomic E-state index is 12.2. The zero-order valence-corrected chi connectivity index (χ0v) is 14.1. The van der Waals surface area contributed by atoms with Gasteiger partial charge in [-0.2, -0.15) is 0 Å². The molecule has 0 saturated carbocycles. The van der Waals surface area contributed by atoms with E-state index in [1.165, 1.54) is 0 Å². The monoisotopic (exact) mass is 355 g/mol. The molecule has 1 amide bonds. The van der Waals surface area contributed by atoms with Crippen LogP contribution in [0.3, 0.4) is 0 Å². The second-order valence-electron chi connectivity index (χ2n) is 5.83. The first-order valence-corrected chi connectivity index (χ1v) is 7.85. The predicted octanol–water partition coefficient (Wildman–Crippen LogP) is 1.87. The zero-order valence-electron chi connectivity index (χ0n) is 12.5. The second kappa shape index (κ2) is 6.77. The van der Waals surface area contributed by atoms with Crippen molar-refractivity contribution in [2.24, 2.45) is 0 Å². The molecule has 1 heterocycles. The number of hydrogen-bond acceptors (Lipinski definition) is 4. The van der Waals surface area contributed by atoms with Crippen molar-refractivity contribution in [3.63, 3.8) is 0 Å². The molecule has 0 unspecified atom stereocenters. The van der Waals surface area contributed by atoms with Crippen molar-refractivity contribution in [2.45, 2.75) is 19.4 Å². The van der Waals surface area contributed by atoms with Gasteiger partial charge in [-0.05, 0) is 48.0 Å². The summed E-state index contributed by atoms with van der Waals surface area (Å²) in [5.74, 6) is -0.0861. The Morgan fingerprint density at radius 3 is 2.71 bits per heavy atom. The number of halogens is 1. The number of carbonyl (C=O) groups is 1. The highest BCUT2D eigenvalue weighted by molar-refractivity contribution is 9.10. The smallest absolute Gasteiger partial charge is 0.251 e. The van der Waals surface area contributed by atoms with Gasteiger partial charge in [0.2, 0.25) is 0 Å². The molecule has 1 saturated heterocycles. The van der Waals surface area contributed by atoms with Gasteiger partial charge >= 0.3 is 0 Å². The van der Waals surface area contributed by atoms with Crippen molar-refractivity contribution < 1.29 is 9.53 Å². The van der Waals surface area contributed by atoms with Gasteiger partial charge in [0, 0.05) is 40.9 Å². The van der Waals surface area contributed by atoms with Gasteiger partial charge in [-0.25, -0.2) is 0 Å². The van der Waals surface area contributed by atoms with Crippen LogP contribution in [0.1, 0.15) is 24.2 Å². The molecule has 1 aliphatic heterocycles. The molecule has 21 heavy (non-hydrogen) atoms. The Balaban J connectivity index is 1.94. The topological polar surface area (TPSA) is 67.6 Å². The first-order chi connectivity index (χ1) is 9.90. The number of nitrogen functional groups attached to an aromatic ring is 1. The number of nitrogens with zero attached hydrogens (tertiary/aromatic N) is 1. The summed E-state index contributed by atoms with van der Waals surface area (Å²) in [4.78, 5) is 14.6. The van der Waals surface area contributed by atoms with Gasteiger partial charge in [-0.1, -0.05) is 0 Å². The van der Waals surface area contributed by atoms with E-state index in [-0.39, 0.29) is 11.4 Å². The fourth-order valence-corrected chi connectivity index (χ4v) is 2.73. The lowest BCUT2D eigenvalue weighted by atomic mass is 10.0. The Morgan fingerprint density at radius 1 is 1.43 bits per heavy atom. The molecule has 0 atom stereocenters. The maximum atomic E-state index is 12.2. The molecule has 1 aromatic rings. The number of amides is 1. The normalized spacial score (nSPS) is 16.7. The van der Waals surface area contributed by atoms with Crippen LogP contribution in [0, 0.1) is 0 Å². The highest BCUT2D eigenvalue weighted by Gasteiger charge is 2.28. The molecule has 1 aliphatic rings. The van der Waals surface area contributed by atoms with E-state index in [1.807, 2.05) is 0 Å². The van der Waals surface area contributed by atoms with Crippen LogP contribution < -0.4 is 11.1 Å². The van der Waals surface area contributed by atoms with Crippen molar-refractivity contribution in [3.8, 4) is 0 Å². The van der Waals surface area contributed by atoms with E-state index >= 15 is 0 Å². The first-order valence-electron chi connectivity index (χ1n) is 7.06. The second-order valence-corrected chi connectivity index (χ2v) is 6.69.